The number of ether oxygens (including phenoxy) is 1. The van der Waals surface area contributed by atoms with Crippen LogP contribution >= 0.6 is 22.9 Å². The molecule has 5 nitrogen and oxygen atoms in total. The highest BCUT2D eigenvalue weighted by atomic mass is 35.5. The molecule has 3 aromatic rings. The lowest BCUT2D eigenvalue weighted by Crippen LogP contribution is -2.35. The van der Waals surface area contributed by atoms with Gasteiger partial charge in [-0.05, 0) is 24.1 Å². The fourth-order valence-corrected chi connectivity index (χ4v) is 3.92. The third-order valence-electron chi connectivity index (χ3n) is 4.42. The fraction of sp³-hybridized carbons (Fsp3) is 0.200. The second-order valence-electron chi connectivity index (χ2n) is 6.24. The largest absolute Gasteiger partial charge is 0.481 e. The summed E-state index contributed by atoms with van der Waals surface area (Å²) in [6, 6.07) is 13.9. The number of halogens is 1. The van der Waals surface area contributed by atoms with Crippen molar-refractivity contribution >= 4 is 39.7 Å². The van der Waals surface area contributed by atoms with Crippen molar-refractivity contribution in [2.24, 2.45) is 0 Å². The van der Waals surface area contributed by atoms with Gasteiger partial charge in [-0.2, -0.15) is 0 Å². The second kappa shape index (κ2) is 7.58. The van der Waals surface area contributed by atoms with E-state index in [2.05, 4.69) is 22.4 Å². The van der Waals surface area contributed by atoms with Crippen LogP contribution in [0.2, 0.25) is 5.02 Å². The van der Waals surface area contributed by atoms with Gasteiger partial charge in [0.05, 0.1) is 11.4 Å². The first-order chi connectivity index (χ1) is 13.1. The zero-order valence-corrected chi connectivity index (χ0v) is 16.3. The van der Waals surface area contributed by atoms with Crippen molar-refractivity contribution in [2.45, 2.75) is 6.42 Å². The SMILES string of the molecule is CN1C(=O)COc2c(-c3csc(NCCc4ccccc4)n3)cc(Cl)cc21. The van der Waals surface area contributed by atoms with Crippen molar-refractivity contribution in [3.05, 3.63) is 58.4 Å². The van der Waals surface area contributed by atoms with E-state index >= 15 is 0 Å². The van der Waals surface area contributed by atoms with E-state index in [9.17, 15) is 4.79 Å². The number of amides is 1. The number of nitrogens with one attached hydrogen (secondary N) is 1. The van der Waals surface area contributed by atoms with Gasteiger partial charge in [-0.25, -0.2) is 4.98 Å². The van der Waals surface area contributed by atoms with Crippen molar-refractivity contribution < 1.29 is 9.53 Å². The highest BCUT2D eigenvalue weighted by molar-refractivity contribution is 7.14. The minimum absolute atomic E-state index is 0.0183. The number of hydrogen-bond donors (Lipinski definition) is 1. The van der Waals surface area contributed by atoms with Gasteiger partial charge in [0, 0.05) is 29.6 Å². The lowest BCUT2D eigenvalue weighted by atomic mass is 10.1. The summed E-state index contributed by atoms with van der Waals surface area (Å²) >= 11 is 7.81. The summed E-state index contributed by atoms with van der Waals surface area (Å²) in [5.41, 5.74) is 3.53. The topological polar surface area (TPSA) is 54.5 Å². The van der Waals surface area contributed by atoms with E-state index in [4.69, 9.17) is 16.3 Å². The third kappa shape index (κ3) is 3.77. The monoisotopic (exact) mass is 399 g/mol. The minimum Gasteiger partial charge on any atom is -0.481 e. The first-order valence-electron chi connectivity index (χ1n) is 8.58. The molecule has 1 aromatic heterocycles. The summed E-state index contributed by atoms with van der Waals surface area (Å²) in [6.45, 7) is 0.822. The van der Waals surface area contributed by atoms with Crippen LogP contribution in [0.5, 0.6) is 5.75 Å². The number of carbonyl (C=O) groups is 1. The molecular formula is C20H18ClN3O2S. The number of carbonyl (C=O) groups excluding carboxylic acids is 1. The highest BCUT2D eigenvalue weighted by Crippen LogP contribution is 2.43. The fourth-order valence-electron chi connectivity index (χ4n) is 2.97. The van der Waals surface area contributed by atoms with Gasteiger partial charge in [-0.3, -0.25) is 4.79 Å². The van der Waals surface area contributed by atoms with E-state index in [1.54, 1.807) is 18.0 Å². The molecule has 0 fully saturated rings. The lowest BCUT2D eigenvalue weighted by Gasteiger charge is -2.27. The molecule has 0 atom stereocenters. The van der Waals surface area contributed by atoms with Crippen molar-refractivity contribution in [1.82, 2.24) is 4.98 Å². The first kappa shape index (κ1) is 17.8. The number of rotatable bonds is 5. The van der Waals surface area contributed by atoms with Gasteiger partial charge in [0.2, 0.25) is 0 Å². The maximum Gasteiger partial charge on any atom is 0.264 e. The number of benzene rings is 2. The first-order valence-corrected chi connectivity index (χ1v) is 9.84. The average Bonchev–Trinajstić information content (AvgIpc) is 3.14. The number of thiazole rings is 1. The molecule has 0 saturated carbocycles. The molecule has 27 heavy (non-hydrogen) atoms. The van der Waals surface area contributed by atoms with Gasteiger partial charge in [-0.15, -0.1) is 11.3 Å². The summed E-state index contributed by atoms with van der Waals surface area (Å²) in [7, 11) is 1.72. The normalized spacial score (nSPS) is 13.3. The van der Waals surface area contributed by atoms with Crippen LogP contribution in [0.15, 0.2) is 47.8 Å². The van der Waals surface area contributed by atoms with Gasteiger partial charge in [0.1, 0.15) is 0 Å². The number of anilines is 2. The zero-order valence-electron chi connectivity index (χ0n) is 14.7. The maximum absolute atomic E-state index is 11.9. The maximum atomic E-state index is 11.9. The van der Waals surface area contributed by atoms with Crippen LogP contribution in [0, 0.1) is 0 Å². The molecule has 7 heteroatoms. The number of likely N-dealkylation sites (N-methyl/N-ethyl adjacent to an activating group) is 1. The summed E-state index contributed by atoms with van der Waals surface area (Å²) < 4.78 is 5.69. The van der Waals surface area contributed by atoms with Gasteiger partial charge >= 0.3 is 0 Å². The van der Waals surface area contributed by atoms with Gasteiger partial charge in [0.15, 0.2) is 17.5 Å². The quantitative estimate of drug-likeness (QED) is 0.687. The van der Waals surface area contributed by atoms with Crippen LogP contribution in [0.1, 0.15) is 5.56 Å². The third-order valence-corrected chi connectivity index (χ3v) is 5.44. The standard InChI is InChI=1S/C20H18ClN3O2S/c1-24-17-10-14(21)9-15(19(17)26-11-18(24)25)16-12-27-20(23-16)22-8-7-13-5-3-2-4-6-13/h2-6,9-10,12H,7-8,11H2,1H3,(H,22,23). The molecule has 2 heterocycles. The molecule has 1 aliphatic heterocycles. The molecule has 1 aliphatic rings. The van der Waals surface area contributed by atoms with E-state index in [1.165, 1.54) is 16.9 Å². The van der Waals surface area contributed by atoms with Gasteiger partial charge < -0.3 is 15.0 Å². The van der Waals surface area contributed by atoms with Crippen LogP contribution in [0.4, 0.5) is 10.8 Å². The highest BCUT2D eigenvalue weighted by Gasteiger charge is 2.26. The van der Waals surface area contributed by atoms with E-state index < -0.39 is 0 Å². The molecule has 0 aliphatic carbocycles. The Morgan fingerprint density at radius 2 is 2.11 bits per heavy atom. The molecule has 0 bridgehead atoms. The van der Waals surface area contributed by atoms with Crippen molar-refractivity contribution in [2.75, 3.05) is 30.4 Å². The molecule has 0 unspecified atom stereocenters. The Bertz CT molecular complexity index is 975. The van der Waals surface area contributed by atoms with E-state index in [1.807, 2.05) is 29.6 Å². The molecule has 1 N–H and O–H groups in total. The van der Waals surface area contributed by atoms with Gasteiger partial charge in [-0.1, -0.05) is 41.9 Å². The molecule has 0 radical (unpaired) electrons. The lowest BCUT2D eigenvalue weighted by molar-refractivity contribution is -0.120. The smallest absolute Gasteiger partial charge is 0.264 e. The van der Waals surface area contributed by atoms with Crippen LogP contribution in [-0.4, -0.2) is 31.1 Å². The number of hydrogen-bond acceptors (Lipinski definition) is 5. The number of fused-ring (bicyclic) bond motifs is 1. The Kier molecular flexibility index (Phi) is 5.01. The Morgan fingerprint density at radius 3 is 2.93 bits per heavy atom. The predicted molar refractivity (Wildman–Crippen MR) is 110 cm³/mol. The van der Waals surface area contributed by atoms with Crippen molar-refractivity contribution in [1.29, 1.82) is 0 Å². The molecule has 4 rings (SSSR count). The van der Waals surface area contributed by atoms with Crippen LogP contribution in [-0.2, 0) is 11.2 Å². The van der Waals surface area contributed by atoms with E-state index in [0.29, 0.717) is 16.5 Å². The summed E-state index contributed by atoms with van der Waals surface area (Å²) in [5.74, 6) is 0.542. The Labute approximate surface area is 166 Å². The summed E-state index contributed by atoms with van der Waals surface area (Å²) in [6.07, 6.45) is 0.929. The van der Waals surface area contributed by atoms with E-state index in [-0.39, 0.29) is 12.5 Å². The van der Waals surface area contributed by atoms with Crippen molar-refractivity contribution in [3.8, 4) is 17.0 Å². The average molecular weight is 400 g/mol. The Balaban J connectivity index is 1.53. The molecule has 2 aromatic carbocycles. The molecule has 138 valence electrons. The van der Waals surface area contributed by atoms with Crippen LogP contribution in [0.25, 0.3) is 11.3 Å². The zero-order chi connectivity index (χ0) is 18.8. The van der Waals surface area contributed by atoms with E-state index in [0.717, 1.165) is 29.4 Å². The van der Waals surface area contributed by atoms with Crippen molar-refractivity contribution in [3.63, 3.8) is 0 Å². The molecule has 0 saturated heterocycles. The number of aromatic nitrogens is 1. The Hall–Kier alpha value is -2.57. The summed E-state index contributed by atoms with van der Waals surface area (Å²) in [4.78, 5) is 18.1. The second-order valence-corrected chi connectivity index (χ2v) is 7.54. The van der Waals surface area contributed by atoms with Crippen LogP contribution in [0.3, 0.4) is 0 Å². The van der Waals surface area contributed by atoms with Gasteiger partial charge in [0.25, 0.3) is 5.91 Å². The molecular weight excluding hydrogens is 382 g/mol. The predicted octanol–water partition coefficient (Wildman–Crippen LogP) is 4.47. The van der Waals surface area contributed by atoms with Crippen LogP contribution < -0.4 is 15.0 Å². The molecule has 1 amide bonds. The Morgan fingerprint density at radius 1 is 1.30 bits per heavy atom. The minimum atomic E-state index is -0.0998. The number of nitrogens with zero attached hydrogens (tertiary/aromatic N) is 2. The molecule has 0 spiro atoms. The summed E-state index contributed by atoms with van der Waals surface area (Å²) in [5, 5.41) is 6.72.